The second kappa shape index (κ2) is 3.72. The minimum absolute atomic E-state index is 0.343. The molecule has 17 heavy (non-hydrogen) atoms. The topological polar surface area (TPSA) is 41.5 Å². The SMILES string of the molecule is COc1ccc(C23CNCC2C3)cc1C(C)O. The van der Waals surface area contributed by atoms with Gasteiger partial charge in [-0.3, -0.25) is 0 Å². The molecule has 1 heterocycles. The van der Waals surface area contributed by atoms with Crippen LogP contribution >= 0.6 is 0 Å². The summed E-state index contributed by atoms with van der Waals surface area (Å²) in [6.07, 6.45) is 0.804. The Balaban J connectivity index is 1.99. The number of piperidine rings is 1. The number of fused-ring (bicyclic) bond motifs is 1. The van der Waals surface area contributed by atoms with E-state index in [0.717, 1.165) is 30.3 Å². The molecule has 2 fully saturated rings. The molecule has 0 aromatic heterocycles. The summed E-state index contributed by atoms with van der Waals surface area (Å²) < 4.78 is 5.30. The van der Waals surface area contributed by atoms with Crippen LogP contribution in [0.1, 0.15) is 30.6 Å². The fourth-order valence-electron chi connectivity index (χ4n) is 3.16. The molecule has 3 nitrogen and oxygen atoms in total. The number of ether oxygens (including phenoxy) is 1. The van der Waals surface area contributed by atoms with Crippen LogP contribution in [-0.4, -0.2) is 25.3 Å². The third kappa shape index (κ3) is 1.57. The highest BCUT2D eigenvalue weighted by molar-refractivity contribution is 5.45. The number of methoxy groups -OCH3 is 1. The fraction of sp³-hybridized carbons (Fsp3) is 0.571. The molecule has 0 amide bonds. The van der Waals surface area contributed by atoms with E-state index in [1.54, 1.807) is 14.0 Å². The number of rotatable bonds is 3. The average Bonchev–Trinajstić information content (AvgIpc) is 2.91. The van der Waals surface area contributed by atoms with Crippen molar-refractivity contribution in [1.82, 2.24) is 5.32 Å². The smallest absolute Gasteiger partial charge is 0.124 e. The van der Waals surface area contributed by atoms with Crippen LogP contribution in [0.5, 0.6) is 5.75 Å². The largest absolute Gasteiger partial charge is 0.496 e. The van der Waals surface area contributed by atoms with Crippen molar-refractivity contribution in [2.45, 2.75) is 24.9 Å². The second-order valence-electron chi connectivity index (χ2n) is 5.32. The van der Waals surface area contributed by atoms with Gasteiger partial charge in [0.05, 0.1) is 13.2 Å². The fourth-order valence-corrected chi connectivity index (χ4v) is 3.16. The van der Waals surface area contributed by atoms with Gasteiger partial charge in [-0.1, -0.05) is 6.07 Å². The summed E-state index contributed by atoms with van der Waals surface area (Å²) >= 11 is 0. The minimum atomic E-state index is -0.479. The van der Waals surface area contributed by atoms with Crippen molar-refractivity contribution in [1.29, 1.82) is 0 Å². The van der Waals surface area contributed by atoms with Crippen molar-refractivity contribution >= 4 is 0 Å². The van der Waals surface area contributed by atoms with E-state index in [4.69, 9.17) is 4.74 Å². The first-order valence-electron chi connectivity index (χ1n) is 6.24. The summed E-state index contributed by atoms with van der Waals surface area (Å²) in [5.41, 5.74) is 2.59. The summed E-state index contributed by atoms with van der Waals surface area (Å²) in [7, 11) is 1.65. The lowest BCUT2D eigenvalue weighted by Gasteiger charge is -2.17. The number of aliphatic hydroxyl groups excluding tert-OH is 1. The second-order valence-corrected chi connectivity index (χ2v) is 5.32. The molecule has 1 aromatic rings. The Morgan fingerprint density at radius 1 is 1.53 bits per heavy atom. The quantitative estimate of drug-likeness (QED) is 0.833. The molecule has 2 aliphatic rings. The van der Waals surface area contributed by atoms with Crippen molar-refractivity contribution in [2.75, 3.05) is 20.2 Å². The highest BCUT2D eigenvalue weighted by Gasteiger charge is 2.58. The molecule has 1 saturated heterocycles. The molecular weight excluding hydrogens is 214 g/mol. The number of hydrogen-bond acceptors (Lipinski definition) is 3. The van der Waals surface area contributed by atoms with Crippen LogP contribution in [0.25, 0.3) is 0 Å². The molecule has 3 atom stereocenters. The van der Waals surface area contributed by atoms with Gasteiger partial charge in [-0.25, -0.2) is 0 Å². The van der Waals surface area contributed by atoms with E-state index in [2.05, 4.69) is 17.4 Å². The molecule has 2 N–H and O–H groups in total. The Kier molecular flexibility index (Phi) is 2.42. The Hall–Kier alpha value is -1.06. The van der Waals surface area contributed by atoms with Crippen LogP contribution in [0.2, 0.25) is 0 Å². The van der Waals surface area contributed by atoms with Gasteiger partial charge >= 0.3 is 0 Å². The average molecular weight is 233 g/mol. The van der Waals surface area contributed by atoms with Gasteiger partial charge in [-0.2, -0.15) is 0 Å². The maximum Gasteiger partial charge on any atom is 0.124 e. The van der Waals surface area contributed by atoms with E-state index in [-0.39, 0.29) is 0 Å². The Bertz CT molecular complexity index is 444. The Morgan fingerprint density at radius 2 is 2.35 bits per heavy atom. The zero-order valence-electron chi connectivity index (χ0n) is 10.4. The predicted molar refractivity (Wildman–Crippen MR) is 66.3 cm³/mol. The van der Waals surface area contributed by atoms with Gasteiger partial charge < -0.3 is 15.2 Å². The molecule has 0 spiro atoms. The van der Waals surface area contributed by atoms with Crippen LogP contribution in [-0.2, 0) is 5.41 Å². The van der Waals surface area contributed by atoms with Crippen molar-refractivity contribution in [2.24, 2.45) is 5.92 Å². The van der Waals surface area contributed by atoms with Crippen molar-refractivity contribution in [3.8, 4) is 5.75 Å². The van der Waals surface area contributed by atoms with Crippen LogP contribution in [0.15, 0.2) is 18.2 Å². The Labute approximate surface area is 102 Å². The molecule has 1 aliphatic heterocycles. The van der Waals surface area contributed by atoms with E-state index in [1.807, 2.05) is 6.07 Å². The lowest BCUT2D eigenvalue weighted by Crippen LogP contribution is -2.19. The van der Waals surface area contributed by atoms with E-state index in [1.165, 1.54) is 12.0 Å². The first-order chi connectivity index (χ1) is 8.17. The van der Waals surface area contributed by atoms with Gasteiger partial charge in [0.25, 0.3) is 0 Å². The van der Waals surface area contributed by atoms with E-state index < -0.39 is 6.10 Å². The summed E-state index contributed by atoms with van der Waals surface area (Å²) in [5.74, 6) is 1.57. The predicted octanol–water partition coefficient (Wildman–Crippen LogP) is 1.61. The lowest BCUT2D eigenvalue weighted by molar-refractivity contribution is 0.194. The molecular formula is C14H19NO2. The number of hydrogen-bond donors (Lipinski definition) is 2. The maximum atomic E-state index is 9.80. The highest BCUT2D eigenvalue weighted by Crippen LogP contribution is 2.56. The van der Waals surface area contributed by atoms with Gasteiger partial charge in [-0.05, 0) is 43.5 Å². The number of benzene rings is 1. The third-order valence-electron chi connectivity index (χ3n) is 4.32. The third-order valence-corrected chi connectivity index (χ3v) is 4.32. The molecule has 92 valence electrons. The standard InChI is InChI=1S/C14H19NO2/c1-9(16)12-5-10(3-4-13(12)17-2)14-6-11(14)7-15-8-14/h3-5,9,11,15-16H,6-8H2,1-2H3. The molecule has 1 aromatic carbocycles. The van der Waals surface area contributed by atoms with Crippen LogP contribution in [0.4, 0.5) is 0 Å². The van der Waals surface area contributed by atoms with E-state index in [9.17, 15) is 5.11 Å². The first kappa shape index (κ1) is 11.1. The maximum absolute atomic E-state index is 9.80. The Morgan fingerprint density at radius 3 is 2.88 bits per heavy atom. The molecule has 1 aliphatic carbocycles. The molecule has 3 unspecified atom stereocenters. The van der Waals surface area contributed by atoms with E-state index >= 15 is 0 Å². The first-order valence-corrected chi connectivity index (χ1v) is 6.24. The highest BCUT2D eigenvalue weighted by atomic mass is 16.5. The van der Waals surface area contributed by atoms with Crippen LogP contribution in [0.3, 0.4) is 0 Å². The molecule has 3 heteroatoms. The van der Waals surface area contributed by atoms with Gasteiger partial charge in [0.2, 0.25) is 0 Å². The number of aliphatic hydroxyl groups is 1. The van der Waals surface area contributed by atoms with Gasteiger partial charge in [0.1, 0.15) is 5.75 Å². The normalized spacial score (nSPS) is 32.1. The molecule has 0 radical (unpaired) electrons. The zero-order chi connectivity index (χ0) is 12.0. The molecule has 3 rings (SSSR count). The van der Waals surface area contributed by atoms with E-state index in [0.29, 0.717) is 5.41 Å². The zero-order valence-corrected chi connectivity index (χ0v) is 10.4. The molecule has 1 saturated carbocycles. The monoisotopic (exact) mass is 233 g/mol. The summed E-state index contributed by atoms with van der Waals surface area (Å²) in [5, 5.41) is 13.2. The number of nitrogens with one attached hydrogen (secondary N) is 1. The lowest BCUT2D eigenvalue weighted by atomic mass is 9.92. The summed E-state index contributed by atoms with van der Waals surface area (Å²) in [4.78, 5) is 0. The van der Waals surface area contributed by atoms with Crippen molar-refractivity contribution in [3.05, 3.63) is 29.3 Å². The van der Waals surface area contributed by atoms with Gasteiger partial charge in [-0.15, -0.1) is 0 Å². The van der Waals surface area contributed by atoms with Crippen molar-refractivity contribution in [3.63, 3.8) is 0 Å². The van der Waals surface area contributed by atoms with Gasteiger partial charge in [0, 0.05) is 17.5 Å². The van der Waals surface area contributed by atoms with Crippen molar-refractivity contribution < 1.29 is 9.84 Å². The van der Waals surface area contributed by atoms with Crippen LogP contribution < -0.4 is 10.1 Å². The summed E-state index contributed by atoms with van der Waals surface area (Å²) in [6.45, 7) is 4.00. The molecule has 0 bridgehead atoms. The van der Waals surface area contributed by atoms with Crippen LogP contribution in [0, 0.1) is 5.92 Å². The minimum Gasteiger partial charge on any atom is -0.496 e. The van der Waals surface area contributed by atoms with Gasteiger partial charge in [0.15, 0.2) is 0 Å². The summed E-state index contributed by atoms with van der Waals surface area (Å²) in [6, 6.07) is 6.26.